The molecule has 6 heteroatoms. The molecule has 1 aromatic rings. The van der Waals surface area contributed by atoms with Crippen LogP contribution in [0.2, 0.25) is 0 Å². The summed E-state index contributed by atoms with van der Waals surface area (Å²) < 4.78 is 5.02. The Morgan fingerprint density at radius 2 is 2.00 bits per heavy atom. The molecule has 0 saturated heterocycles. The fourth-order valence-electron chi connectivity index (χ4n) is 0.333. The third-order valence-corrected chi connectivity index (χ3v) is 6.53. The molecule has 1 aromatic heterocycles. The fraction of sp³-hybridized carbons (Fsp3) is 0. The molecule has 0 aliphatic carbocycles. The maximum Gasteiger partial charge on any atom is 0.188 e. The van der Waals surface area contributed by atoms with Crippen molar-refractivity contribution in [1.82, 2.24) is 7.76 Å². The van der Waals surface area contributed by atoms with E-state index in [1.54, 1.807) is 0 Å². The summed E-state index contributed by atoms with van der Waals surface area (Å²) in [6.07, 6.45) is 0. The number of hydrogen-bond acceptors (Lipinski definition) is 1. The maximum atomic E-state index is 4.16. The van der Waals surface area contributed by atoms with Gasteiger partial charge >= 0.3 is 0 Å². The lowest BCUT2D eigenvalue weighted by Crippen LogP contribution is -1.80. The molecule has 9 heavy (non-hydrogen) atoms. The zero-order chi connectivity index (χ0) is 7.02. The summed E-state index contributed by atoms with van der Waals surface area (Å²) >= 11 is 9.93. The highest BCUT2D eigenvalue weighted by Gasteiger charge is 2.06. The topological polar surface area (TPSA) is 17.8 Å². The third kappa shape index (κ3) is 1.92. The smallest absolute Gasteiger partial charge is 0.188 e. The van der Waals surface area contributed by atoms with Gasteiger partial charge in [0.2, 0.25) is 0 Å². The van der Waals surface area contributed by atoms with E-state index < -0.39 is 0 Å². The number of imidazole rings is 1. The molecule has 0 atom stereocenters. The first-order valence-electron chi connectivity index (χ1n) is 1.88. The van der Waals surface area contributed by atoms with Gasteiger partial charge in [0.25, 0.3) is 0 Å². The van der Waals surface area contributed by atoms with Gasteiger partial charge in [-0.05, 0) is 61.1 Å². The lowest BCUT2D eigenvalue weighted by Gasteiger charge is -1.87. The van der Waals surface area contributed by atoms with Gasteiger partial charge in [-0.2, -0.15) is 0 Å². The van der Waals surface area contributed by atoms with Crippen LogP contribution in [-0.2, 0) is 0 Å². The Morgan fingerprint density at radius 1 is 1.44 bits per heavy atom. The Balaban J connectivity index is 3.29. The molecule has 2 nitrogen and oxygen atoms in total. The zero-order valence-electron chi connectivity index (χ0n) is 3.91. The SMILES string of the molecule is Brc1nc(I)c(I)n1I. The Hall–Kier alpha value is 1.88. The summed E-state index contributed by atoms with van der Waals surface area (Å²) in [6.45, 7) is 0. The van der Waals surface area contributed by atoms with E-state index in [0.29, 0.717) is 0 Å². The standard InChI is InChI=1S/C3BrI3N2/c4-3-8-1(5)2(6)9(3)7. The molecule has 0 aromatic carbocycles. The molecular weight excluding hydrogens is 525 g/mol. The second-order valence-electron chi connectivity index (χ2n) is 1.24. The molecule has 0 saturated carbocycles. The number of aromatic nitrogens is 2. The normalized spacial score (nSPS) is 10.2. The fourth-order valence-corrected chi connectivity index (χ4v) is 2.97. The first kappa shape index (κ1) is 8.97. The van der Waals surface area contributed by atoms with Crippen LogP contribution in [0, 0.1) is 7.40 Å². The van der Waals surface area contributed by atoms with E-state index in [1.165, 1.54) is 0 Å². The summed E-state index contributed by atoms with van der Waals surface area (Å²) in [5.74, 6) is 0. The van der Waals surface area contributed by atoms with Crippen molar-refractivity contribution in [2.45, 2.75) is 0 Å². The van der Waals surface area contributed by atoms with Crippen LogP contribution in [0.15, 0.2) is 4.73 Å². The Morgan fingerprint density at radius 3 is 2.11 bits per heavy atom. The zero-order valence-corrected chi connectivity index (χ0v) is 12.0. The van der Waals surface area contributed by atoms with Gasteiger partial charge in [-0.1, -0.05) is 0 Å². The summed E-state index contributed by atoms with van der Waals surface area (Å²) in [7, 11) is 0. The van der Waals surface area contributed by atoms with Gasteiger partial charge in [-0.3, -0.25) is 2.78 Å². The first-order valence-corrected chi connectivity index (χ1v) is 5.80. The molecule has 0 bridgehead atoms. The Bertz CT molecular complexity index is 211. The van der Waals surface area contributed by atoms with Crippen LogP contribution in [0.4, 0.5) is 0 Å². The molecule has 0 aliphatic heterocycles. The minimum Gasteiger partial charge on any atom is -0.252 e. The largest absolute Gasteiger partial charge is 0.252 e. The number of hydrogen-bond donors (Lipinski definition) is 0. The molecule has 1 heterocycles. The van der Waals surface area contributed by atoms with Gasteiger partial charge in [0.1, 0.15) is 7.40 Å². The Kier molecular flexibility index (Phi) is 3.51. The maximum absolute atomic E-state index is 4.16. The first-order chi connectivity index (χ1) is 4.13. The van der Waals surface area contributed by atoms with Crippen LogP contribution in [0.1, 0.15) is 0 Å². The van der Waals surface area contributed by atoms with Gasteiger partial charge in [-0.25, -0.2) is 4.98 Å². The minimum atomic E-state index is 0.872. The van der Waals surface area contributed by atoms with E-state index in [9.17, 15) is 0 Å². The quantitative estimate of drug-likeness (QED) is 0.477. The highest BCUT2D eigenvalue weighted by Crippen LogP contribution is 2.22. The second-order valence-corrected chi connectivity index (χ2v) is 4.96. The van der Waals surface area contributed by atoms with Crippen molar-refractivity contribution in [3.8, 4) is 0 Å². The highest BCUT2D eigenvalue weighted by atomic mass is 127. The van der Waals surface area contributed by atoms with Crippen molar-refractivity contribution >= 4 is 84.0 Å². The van der Waals surface area contributed by atoms with Crippen molar-refractivity contribution < 1.29 is 0 Å². The van der Waals surface area contributed by atoms with E-state index in [2.05, 4.69) is 89.0 Å². The van der Waals surface area contributed by atoms with E-state index >= 15 is 0 Å². The van der Waals surface area contributed by atoms with Crippen LogP contribution in [0.5, 0.6) is 0 Å². The van der Waals surface area contributed by atoms with Gasteiger partial charge in [0.05, 0.1) is 22.9 Å². The third-order valence-electron chi connectivity index (χ3n) is 0.695. The van der Waals surface area contributed by atoms with Crippen molar-refractivity contribution in [2.75, 3.05) is 0 Å². The van der Waals surface area contributed by atoms with E-state index in [-0.39, 0.29) is 0 Å². The molecular formula is C3BrI3N2. The molecule has 1 rings (SSSR count). The van der Waals surface area contributed by atoms with Gasteiger partial charge in [0.15, 0.2) is 4.73 Å². The molecule has 0 unspecified atom stereocenters. The van der Waals surface area contributed by atoms with Gasteiger partial charge in [0, 0.05) is 0 Å². The van der Waals surface area contributed by atoms with E-state index in [1.807, 2.05) is 2.78 Å². The van der Waals surface area contributed by atoms with Crippen LogP contribution < -0.4 is 0 Å². The van der Waals surface area contributed by atoms with Crippen molar-refractivity contribution in [2.24, 2.45) is 0 Å². The van der Waals surface area contributed by atoms with Crippen LogP contribution in [0.3, 0.4) is 0 Å². The Labute approximate surface area is 102 Å². The lowest BCUT2D eigenvalue weighted by molar-refractivity contribution is 1.19. The molecule has 0 aliphatic rings. The number of nitrogens with zero attached hydrogens (tertiary/aromatic N) is 2. The van der Waals surface area contributed by atoms with Crippen LogP contribution in [0.25, 0.3) is 0 Å². The van der Waals surface area contributed by atoms with Crippen molar-refractivity contribution in [1.29, 1.82) is 0 Å². The molecule has 50 valence electrons. The molecule has 0 N–H and O–H groups in total. The second kappa shape index (κ2) is 3.52. The number of rotatable bonds is 0. The van der Waals surface area contributed by atoms with Gasteiger partial charge < -0.3 is 0 Å². The molecule has 0 amide bonds. The number of halogens is 4. The average molecular weight is 525 g/mol. The predicted octanol–water partition coefficient (Wildman–Crippen LogP) is 3.05. The summed E-state index contributed by atoms with van der Waals surface area (Å²) in [5, 5.41) is 0. The van der Waals surface area contributed by atoms with Crippen LogP contribution in [-0.4, -0.2) is 7.76 Å². The average Bonchev–Trinajstić information content (AvgIpc) is 1.98. The minimum absolute atomic E-state index is 0.872. The lowest BCUT2D eigenvalue weighted by atomic mass is 11.0. The summed E-state index contributed by atoms with van der Waals surface area (Å²) in [4.78, 5) is 4.16. The van der Waals surface area contributed by atoms with E-state index in [4.69, 9.17) is 0 Å². The molecule has 0 radical (unpaired) electrons. The summed E-state index contributed by atoms with van der Waals surface area (Å²) in [5.41, 5.74) is 0. The van der Waals surface area contributed by atoms with Gasteiger partial charge in [-0.15, -0.1) is 0 Å². The van der Waals surface area contributed by atoms with Crippen LogP contribution >= 0.6 is 84.0 Å². The monoisotopic (exact) mass is 524 g/mol. The highest BCUT2D eigenvalue weighted by molar-refractivity contribution is 14.1. The predicted molar refractivity (Wildman–Crippen MR) is 64.8 cm³/mol. The summed E-state index contributed by atoms with van der Waals surface area (Å²) in [6, 6.07) is 0. The van der Waals surface area contributed by atoms with E-state index in [0.717, 1.165) is 12.1 Å². The molecule has 0 spiro atoms. The van der Waals surface area contributed by atoms with Crippen molar-refractivity contribution in [3.63, 3.8) is 0 Å². The van der Waals surface area contributed by atoms with Crippen molar-refractivity contribution in [3.05, 3.63) is 12.1 Å². The molecule has 0 fully saturated rings.